The Labute approximate surface area is 95.0 Å². The smallest absolute Gasteiger partial charge is 0.235 e. The van der Waals surface area contributed by atoms with Crippen molar-refractivity contribution in [3.63, 3.8) is 0 Å². The van der Waals surface area contributed by atoms with Crippen molar-refractivity contribution in [2.45, 2.75) is 13.8 Å². The minimum atomic E-state index is -0.563. The number of hydrogen-bond donors (Lipinski definition) is 1. The van der Waals surface area contributed by atoms with Gasteiger partial charge in [0.2, 0.25) is 6.20 Å². The number of allylic oxidation sites excluding steroid dienone is 5. The van der Waals surface area contributed by atoms with Gasteiger partial charge in [0.05, 0.1) is 4.92 Å². The van der Waals surface area contributed by atoms with Gasteiger partial charge in [-0.25, -0.2) is 0 Å². The first-order valence-corrected chi connectivity index (χ1v) is 4.64. The van der Waals surface area contributed by atoms with Gasteiger partial charge in [0.25, 0.3) is 0 Å². The molecular weight excluding hydrogens is 204 g/mol. The molecule has 0 fully saturated rings. The third kappa shape index (κ3) is 4.29. The first-order chi connectivity index (χ1) is 7.56. The van der Waals surface area contributed by atoms with Gasteiger partial charge in [0.15, 0.2) is 0 Å². The van der Waals surface area contributed by atoms with Crippen LogP contribution in [0.15, 0.2) is 47.3 Å². The van der Waals surface area contributed by atoms with Crippen LogP contribution in [0.25, 0.3) is 0 Å². The molecule has 0 unspecified atom stereocenters. The molecule has 0 aromatic carbocycles. The lowest BCUT2D eigenvalue weighted by atomic mass is 10.0. The largest absolute Gasteiger partial charge is 0.398 e. The van der Waals surface area contributed by atoms with Gasteiger partial charge in [-0.3, -0.25) is 10.1 Å². The Hall–Kier alpha value is -2.28. The van der Waals surface area contributed by atoms with Gasteiger partial charge in [-0.1, -0.05) is 24.1 Å². The Morgan fingerprint density at radius 2 is 2.06 bits per heavy atom. The van der Waals surface area contributed by atoms with E-state index in [-0.39, 0.29) is 0 Å². The molecule has 2 N–H and O–H groups in total. The third-order valence-corrected chi connectivity index (χ3v) is 1.76. The number of terminal acetylenes is 1. The van der Waals surface area contributed by atoms with Gasteiger partial charge in [0, 0.05) is 22.9 Å². The van der Waals surface area contributed by atoms with E-state index in [1.54, 1.807) is 32.1 Å². The molecule has 16 heavy (non-hydrogen) atoms. The van der Waals surface area contributed by atoms with Crippen LogP contribution in [0.4, 0.5) is 0 Å². The molecule has 0 spiro atoms. The molecule has 0 amide bonds. The van der Waals surface area contributed by atoms with Crippen molar-refractivity contribution in [1.29, 1.82) is 0 Å². The van der Waals surface area contributed by atoms with Crippen molar-refractivity contribution < 1.29 is 4.92 Å². The lowest BCUT2D eigenvalue weighted by Gasteiger charge is -2.03. The SMILES string of the molecule is C#CC(/C=C\C)=C(/C=C/[N+](=O)[O-])C(\N)=C\C. The number of nitrogens with two attached hydrogens (primary N) is 1. The topological polar surface area (TPSA) is 69.2 Å². The second-order valence-electron chi connectivity index (χ2n) is 2.82. The highest BCUT2D eigenvalue weighted by atomic mass is 16.6. The highest BCUT2D eigenvalue weighted by molar-refractivity contribution is 5.52. The standard InChI is InChI=1S/C12H14N2O2/c1-4-7-10(5-2)11(12(13)6-3)8-9-14(15)16/h2,4,6-9H,13H2,1,3H3/b7-4-,9-8+,11-10+,12-6-. The minimum Gasteiger partial charge on any atom is -0.398 e. The van der Waals surface area contributed by atoms with Crippen LogP contribution in [0.2, 0.25) is 0 Å². The fraction of sp³-hybridized carbons (Fsp3) is 0.167. The summed E-state index contributed by atoms with van der Waals surface area (Å²) in [4.78, 5) is 9.69. The van der Waals surface area contributed by atoms with Crippen LogP contribution in [0.1, 0.15) is 13.8 Å². The van der Waals surface area contributed by atoms with E-state index in [1.165, 1.54) is 6.08 Å². The molecule has 0 aromatic rings. The maximum atomic E-state index is 10.2. The predicted molar refractivity (Wildman–Crippen MR) is 64.8 cm³/mol. The Kier molecular flexibility index (Phi) is 6.06. The first kappa shape index (κ1) is 13.7. The van der Waals surface area contributed by atoms with Crippen molar-refractivity contribution in [3.8, 4) is 12.3 Å². The monoisotopic (exact) mass is 218 g/mol. The van der Waals surface area contributed by atoms with Gasteiger partial charge < -0.3 is 5.73 Å². The molecular formula is C12H14N2O2. The summed E-state index contributed by atoms with van der Waals surface area (Å²) in [6, 6.07) is 0. The van der Waals surface area contributed by atoms with Crippen molar-refractivity contribution in [2.75, 3.05) is 0 Å². The summed E-state index contributed by atoms with van der Waals surface area (Å²) in [6.45, 7) is 3.54. The van der Waals surface area contributed by atoms with E-state index in [0.717, 1.165) is 6.20 Å². The number of rotatable bonds is 4. The van der Waals surface area contributed by atoms with E-state index in [9.17, 15) is 10.1 Å². The van der Waals surface area contributed by atoms with Crippen LogP contribution in [-0.4, -0.2) is 4.92 Å². The summed E-state index contributed by atoms with van der Waals surface area (Å²) in [7, 11) is 0. The van der Waals surface area contributed by atoms with E-state index in [0.29, 0.717) is 16.8 Å². The van der Waals surface area contributed by atoms with Crippen molar-refractivity contribution in [1.82, 2.24) is 0 Å². The maximum absolute atomic E-state index is 10.2. The van der Waals surface area contributed by atoms with E-state index in [4.69, 9.17) is 12.2 Å². The molecule has 0 heterocycles. The third-order valence-electron chi connectivity index (χ3n) is 1.76. The zero-order valence-electron chi connectivity index (χ0n) is 9.31. The van der Waals surface area contributed by atoms with E-state index in [1.807, 2.05) is 0 Å². The van der Waals surface area contributed by atoms with Gasteiger partial charge in [-0.15, -0.1) is 6.42 Å². The molecule has 0 aliphatic rings. The van der Waals surface area contributed by atoms with Crippen LogP contribution >= 0.6 is 0 Å². The fourth-order valence-electron chi connectivity index (χ4n) is 1.01. The molecule has 0 saturated heterocycles. The quantitative estimate of drug-likeness (QED) is 0.340. The molecule has 0 aromatic heterocycles. The average Bonchev–Trinajstić information content (AvgIpc) is 2.26. The molecule has 0 bridgehead atoms. The Morgan fingerprint density at radius 3 is 2.44 bits per heavy atom. The number of nitro groups is 1. The molecule has 4 nitrogen and oxygen atoms in total. The molecule has 0 saturated carbocycles. The molecule has 0 aliphatic carbocycles. The minimum absolute atomic E-state index is 0.407. The van der Waals surface area contributed by atoms with Crippen LogP contribution < -0.4 is 5.73 Å². The fourth-order valence-corrected chi connectivity index (χ4v) is 1.01. The summed E-state index contributed by atoms with van der Waals surface area (Å²) in [5.41, 5.74) is 7.10. The second kappa shape index (κ2) is 7.07. The molecule has 4 heteroatoms. The van der Waals surface area contributed by atoms with Crippen LogP contribution in [0.5, 0.6) is 0 Å². The highest BCUT2D eigenvalue weighted by Crippen LogP contribution is 2.13. The van der Waals surface area contributed by atoms with Gasteiger partial charge >= 0.3 is 0 Å². The van der Waals surface area contributed by atoms with Crippen LogP contribution in [-0.2, 0) is 0 Å². The Morgan fingerprint density at radius 1 is 1.44 bits per heavy atom. The van der Waals surface area contributed by atoms with Crippen molar-refractivity contribution in [3.05, 3.63) is 57.5 Å². The number of hydrogen-bond acceptors (Lipinski definition) is 3. The lowest BCUT2D eigenvalue weighted by Crippen LogP contribution is -2.02. The average molecular weight is 218 g/mol. The van der Waals surface area contributed by atoms with Crippen molar-refractivity contribution >= 4 is 0 Å². The molecule has 0 aliphatic heterocycles. The Balaban J connectivity index is 5.57. The van der Waals surface area contributed by atoms with Crippen LogP contribution in [0.3, 0.4) is 0 Å². The summed E-state index contributed by atoms with van der Waals surface area (Å²) < 4.78 is 0. The van der Waals surface area contributed by atoms with Crippen LogP contribution in [0, 0.1) is 22.5 Å². The maximum Gasteiger partial charge on any atom is 0.235 e. The van der Waals surface area contributed by atoms with E-state index < -0.39 is 4.92 Å². The van der Waals surface area contributed by atoms with E-state index >= 15 is 0 Å². The summed E-state index contributed by atoms with van der Waals surface area (Å²) in [5.74, 6) is 2.44. The van der Waals surface area contributed by atoms with E-state index in [2.05, 4.69) is 5.92 Å². The summed E-state index contributed by atoms with van der Waals surface area (Å²) in [5, 5.41) is 10.2. The predicted octanol–water partition coefficient (Wildman–Crippen LogP) is 2.15. The second-order valence-corrected chi connectivity index (χ2v) is 2.82. The number of nitrogens with zero attached hydrogens (tertiary/aromatic N) is 1. The molecule has 0 radical (unpaired) electrons. The summed E-state index contributed by atoms with van der Waals surface area (Å²) in [6.07, 6.45) is 12.5. The van der Waals surface area contributed by atoms with Gasteiger partial charge in [0.1, 0.15) is 0 Å². The first-order valence-electron chi connectivity index (χ1n) is 4.64. The van der Waals surface area contributed by atoms with Crippen molar-refractivity contribution in [2.24, 2.45) is 5.73 Å². The normalized spacial score (nSPS) is 13.9. The Bertz CT molecular complexity index is 421. The molecule has 0 atom stereocenters. The molecule has 0 rings (SSSR count). The zero-order valence-corrected chi connectivity index (χ0v) is 9.31. The van der Waals surface area contributed by atoms with Gasteiger partial charge in [-0.05, 0) is 13.8 Å². The zero-order chi connectivity index (χ0) is 12.6. The summed E-state index contributed by atoms with van der Waals surface area (Å²) >= 11 is 0. The highest BCUT2D eigenvalue weighted by Gasteiger charge is 2.03. The van der Waals surface area contributed by atoms with Gasteiger partial charge in [-0.2, -0.15) is 0 Å². The lowest BCUT2D eigenvalue weighted by molar-refractivity contribution is -0.402. The molecule has 84 valence electrons.